The summed E-state index contributed by atoms with van der Waals surface area (Å²) in [6.45, 7) is 4.99. The van der Waals surface area contributed by atoms with Gasteiger partial charge in [0.05, 0.1) is 17.7 Å². The first-order chi connectivity index (χ1) is 10.7. The van der Waals surface area contributed by atoms with Gasteiger partial charge in [-0.3, -0.25) is 15.0 Å². The predicted octanol–water partition coefficient (Wildman–Crippen LogP) is 1.01. The molecule has 0 aliphatic rings. The molecule has 0 aliphatic heterocycles. The Bertz CT molecular complexity index is 686. The Hall–Kier alpha value is -2.13. The molecular formula is C14H21N3O5S. The van der Waals surface area contributed by atoms with Crippen LogP contribution in [-0.2, 0) is 19.6 Å². The summed E-state index contributed by atoms with van der Waals surface area (Å²) < 4.78 is 29.4. The number of hydrogen-bond donors (Lipinski definition) is 3. The minimum absolute atomic E-state index is 0.104. The summed E-state index contributed by atoms with van der Waals surface area (Å²) in [5.74, 6) is -0.370. The van der Waals surface area contributed by atoms with Gasteiger partial charge < -0.3 is 10.1 Å². The molecule has 0 fully saturated rings. The second-order valence-corrected chi connectivity index (χ2v) is 6.98. The molecule has 0 atom stereocenters. The lowest BCUT2D eigenvalue weighted by Crippen LogP contribution is -2.41. The van der Waals surface area contributed by atoms with Crippen molar-refractivity contribution < 1.29 is 22.7 Å². The molecule has 0 aromatic heterocycles. The lowest BCUT2D eigenvalue weighted by Gasteiger charge is -2.13. The molecule has 1 aromatic rings. The van der Waals surface area contributed by atoms with Gasteiger partial charge in [0, 0.05) is 13.3 Å². The van der Waals surface area contributed by atoms with E-state index in [1.54, 1.807) is 0 Å². The van der Waals surface area contributed by atoms with Gasteiger partial charge in [-0.25, -0.2) is 8.42 Å². The molecule has 0 unspecified atom stereocenters. The monoisotopic (exact) mass is 343 g/mol. The molecule has 9 heteroatoms. The number of anilines is 1. The Balaban J connectivity index is 2.95. The van der Waals surface area contributed by atoms with Gasteiger partial charge in [0.1, 0.15) is 5.75 Å². The van der Waals surface area contributed by atoms with Gasteiger partial charge in [-0.2, -0.15) is 0 Å². The van der Waals surface area contributed by atoms with Crippen LogP contribution in [0.2, 0.25) is 0 Å². The smallest absolute Gasteiger partial charge is 0.257 e. The normalized spacial score (nSPS) is 11.2. The van der Waals surface area contributed by atoms with Gasteiger partial charge in [0.15, 0.2) is 0 Å². The number of carbonyl (C=O) groups excluding carboxylic acids is 2. The van der Waals surface area contributed by atoms with Gasteiger partial charge in [-0.05, 0) is 24.1 Å². The maximum atomic E-state index is 12.2. The first-order valence-electron chi connectivity index (χ1n) is 6.92. The maximum absolute atomic E-state index is 12.2. The summed E-state index contributed by atoms with van der Waals surface area (Å²) in [6, 6.07) is 3.97. The number of ether oxygens (including phenoxy) is 1. The van der Waals surface area contributed by atoms with E-state index in [1.165, 1.54) is 32.2 Å². The fraction of sp³-hybridized carbons (Fsp3) is 0.429. The zero-order chi connectivity index (χ0) is 17.6. The molecule has 3 N–H and O–H groups in total. The highest BCUT2D eigenvalue weighted by atomic mass is 32.2. The number of amides is 2. The molecule has 8 nitrogen and oxygen atoms in total. The van der Waals surface area contributed by atoms with Gasteiger partial charge >= 0.3 is 0 Å². The highest BCUT2D eigenvalue weighted by Gasteiger charge is 2.18. The molecule has 2 amide bonds. The minimum atomic E-state index is -3.96. The predicted molar refractivity (Wildman–Crippen MR) is 85.2 cm³/mol. The number of hydrogen-bond acceptors (Lipinski definition) is 5. The lowest BCUT2D eigenvalue weighted by molar-refractivity contribution is -0.122. The molecule has 1 aromatic carbocycles. The molecule has 0 bridgehead atoms. The van der Waals surface area contributed by atoms with Crippen LogP contribution in [0.4, 0.5) is 5.69 Å². The van der Waals surface area contributed by atoms with Crippen LogP contribution in [0.1, 0.15) is 27.2 Å². The molecule has 23 heavy (non-hydrogen) atoms. The van der Waals surface area contributed by atoms with Gasteiger partial charge in [0.2, 0.25) is 11.8 Å². The van der Waals surface area contributed by atoms with Gasteiger partial charge in [0.25, 0.3) is 10.0 Å². The molecule has 0 saturated heterocycles. The van der Waals surface area contributed by atoms with Crippen LogP contribution in [0.15, 0.2) is 23.1 Å². The third-order valence-corrected chi connectivity index (χ3v) is 3.96. The molecular weight excluding hydrogens is 322 g/mol. The number of hydrazine groups is 1. The highest BCUT2D eigenvalue weighted by Crippen LogP contribution is 2.27. The number of rotatable bonds is 7. The van der Waals surface area contributed by atoms with Crippen LogP contribution >= 0.6 is 0 Å². The van der Waals surface area contributed by atoms with Gasteiger partial charge in [-0.15, -0.1) is 4.83 Å². The number of methoxy groups -OCH3 is 1. The SMILES string of the molecule is COc1ccc(S(=O)(=O)NNC(=O)CC(C)C)cc1NC(C)=O. The van der Waals surface area contributed by atoms with Crippen molar-refractivity contribution in [1.29, 1.82) is 0 Å². The summed E-state index contributed by atoms with van der Waals surface area (Å²) in [4.78, 5) is 24.6. The van der Waals surface area contributed by atoms with Crippen molar-refractivity contribution >= 4 is 27.5 Å². The van der Waals surface area contributed by atoms with Crippen LogP contribution in [0.5, 0.6) is 5.75 Å². The Morgan fingerprint density at radius 1 is 1.26 bits per heavy atom. The Morgan fingerprint density at radius 3 is 2.43 bits per heavy atom. The van der Waals surface area contributed by atoms with E-state index in [9.17, 15) is 18.0 Å². The summed E-state index contributed by atoms with van der Waals surface area (Å²) in [5, 5.41) is 2.48. The zero-order valence-electron chi connectivity index (χ0n) is 13.5. The summed E-state index contributed by atoms with van der Waals surface area (Å²) in [6.07, 6.45) is 0.197. The summed E-state index contributed by atoms with van der Waals surface area (Å²) in [7, 11) is -2.56. The van der Waals surface area contributed by atoms with Crippen molar-refractivity contribution in [2.24, 2.45) is 5.92 Å². The molecule has 0 aliphatic carbocycles. The molecule has 0 saturated carbocycles. The minimum Gasteiger partial charge on any atom is -0.495 e. The zero-order valence-corrected chi connectivity index (χ0v) is 14.3. The van der Waals surface area contributed by atoms with Crippen molar-refractivity contribution in [1.82, 2.24) is 10.3 Å². The molecule has 128 valence electrons. The second-order valence-electron chi connectivity index (χ2n) is 5.29. The number of nitrogens with one attached hydrogen (secondary N) is 3. The largest absolute Gasteiger partial charge is 0.495 e. The number of carbonyl (C=O) groups is 2. The molecule has 0 spiro atoms. The third-order valence-electron chi connectivity index (χ3n) is 2.71. The number of sulfonamides is 1. The van der Waals surface area contributed by atoms with E-state index in [-0.39, 0.29) is 28.8 Å². The average molecular weight is 343 g/mol. The van der Waals surface area contributed by atoms with E-state index in [0.717, 1.165) is 0 Å². The maximum Gasteiger partial charge on any atom is 0.257 e. The van der Waals surface area contributed by atoms with Crippen LogP contribution in [-0.4, -0.2) is 27.3 Å². The van der Waals surface area contributed by atoms with E-state index < -0.39 is 15.9 Å². The topological polar surface area (TPSA) is 114 Å². The van der Waals surface area contributed by atoms with Crippen molar-refractivity contribution in [3.05, 3.63) is 18.2 Å². The average Bonchev–Trinajstić information content (AvgIpc) is 2.44. The van der Waals surface area contributed by atoms with Crippen molar-refractivity contribution in [2.75, 3.05) is 12.4 Å². The molecule has 0 heterocycles. The van der Waals surface area contributed by atoms with E-state index >= 15 is 0 Å². The van der Waals surface area contributed by atoms with Crippen molar-refractivity contribution in [2.45, 2.75) is 32.1 Å². The first-order valence-corrected chi connectivity index (χ1v) is 8.40. The fourth-order valence-corrected chi connectivity index (χ4v) is 2.63. The first kappa shape index (κ1) is 18.9. The Morgan fingerprint density at radius 2 is 1.91 bits per heavy atom. The van der Waals surface area contributed by atoms with Crippen LogP contribution in [0, 0.1) is 5.92 Å². The van der Waals surface area contributed by atoms with Gasteiger partial charge in [-0.1, -0.05) is 13.8 Å². The van der Waals surface area contributed by atoms with E-state index in [0.29, 0.717) is 5.75 Å². The quantitative estimate of drug-likeness (QED) is 0.639. The van der Waals surface area contributed by atoms with Crippen molar-refractivity contribution in [3.8, 4) is 5.75 Å². The van der Waals surface area contributed by atoms with Crippen molar-refractivity contribution in [3.63, 3.8) is 0 Å². The summed E-state index contributed by atoms with van der Waals surface area (Å²) in [5.41, 5.74) is 2.36. The Labute approximate surface area is 135 Å². The van der Waals surface area contributed by atoms with Crippen LogP contribution in [0.3, 0.4) is 0 Å². The number of benzene rings is 1. The fourth-order valence-electron chi connectivity index (χ4n) is 1.75. The second kappa shape index (κ2) is 7.93. The Kier molecular flexibility index (Phi) is 6.52. The van der Waals surface area contributed by atoms with E-state index in [2.05, 4.69) is 10.7 Å². The lowest BCUT2D eigenvalue weighted by atomic mass is 10.1. The standard InChI is InChI=1S/C14H21N3O5S/c1-9(2)7-14(19)16-17-23(20,21)11-5-6-13(22-4)12(8-11)15-10(3)18/h5-6,8-9,17H,7H2,1-4H3,(H,15,18)(H,16,19). The molecule has 0 radical (unpaired) electrons. The molecule has 1 rings (SSSR count). The third kappa shape index (κ3) is 5.87. The highest BCUT2D eigenvalue weighted by molar-refractivity contribution is 7.89. The summed E-state index contributed by atoms with van der Waals surface area (Å²) >= 11 is 0. The van der Waals surface area contributed by atoms with Crippen LogP contribution in [0.25, 0.3) is 0 Å². The van der Waals surface area contributed by atoms with Crippen LogP contribution < -0.4 is 20.3 Å². The van der Waals surface area contributed by atoms with E-state index in [4.69, 9.17) is 4.74 Å². The van der Waals surface area contributed by atoms with E-state index in [1.807, 2.05) is 18.7 Å².